The number of benzene rings is 1. The second-order valence-electron chi connectivity index (χ2n) is 3.97. The molecular formula is C13H12N2O2. The minimum Gasteiger partial charge on any atom is -0.479 e. The largest absolute Gasteiger partial charge is 0.479 e. The van der Waals surface area contributed by atoms with E-state index < -0.39 is 0 Å². The first-order valence-corrected chi connectivity index (χ1v) is 5.60. The maximum Gasteiger partial charge on any atom is 0.191 e. The number of aromatic amines is 1. The normalized spacial score (nSPS) is 14.7. The van der Waals surface area contributed by atoms with Crippen molar-refractivity contribution < 1.29 is 9.53 Å². The van der Waals surface area contributed by atoms with Crippen molar-refractivity contribution in [2.45, 2.75) is 6.42 Å². The van der Waals surface area contributed by atoms with Gasteiger partial charge in [-0.05, 0) is 6.07 Å². The third-order valence-electron chi connectivity index (χ3n) is 2.85. The van der Waals surface area contributed by atoms with Gasteiger partial charge in [0.1, 0.15) is 6.61 Å². The van der Waals surface area contributed by atoms with Crippen molar-refractivity contribution in [1.82, 2.24) is 4.98 Å². The van der Waals surface area contributed by atoms with E-state index in [-0.39, 0.29) is 12.2 Å². The lowest BCUT2D eigenvalue weighted by Gasteiger charge is -2.00. The van der Waals surface area contributed by atoms with Crippen molar-refractivity contribution in [2.75, 3.05) is 13.2 Å². The number of carbonyl (C=O) groups is 1. The zero-order valence-corrected chi connectivity index (χ0v) is 9.27. The molecule has 0 spiro atoms. The number of hydrogen-bond donors (Lipinski definition) is 1. The van der Waals surface area contributed by atoms with Crippen molar-refractivity contribution in [3.05, 3.63) is 36.0 Å². The van der Waals surface area contributed by atoms with E-state index in [4.69, 9.17) is 4.74 Å². The minimum atomic E-state index is 0.0445. The van der Waals surface area contributed by atoms with E-state index >= 15 is 0 Å². The number of H-pyrrole nitrogens is 1. The maximum absolute atomic E-state index is 12.1. The summed E-state index contributed by atoms with van der Waals surface area (Å²) >= 11 is 0. The molecule has 0 fully saturated rings. The van der Waals surface area contributed by atoms with E-state index in [0.29, 0.717) is 24.6 Å². The van der Waals surface area contributed by atoms with Crippen molar-refractivity contribution in [2.24, 2.45) is 4.99 Å². The molecule has 0 atom stereocenters. The number of aromatic nitrogens is 1. The summed E-state index contributed by atoms with van der Waals surface area (Å²) in [4.78, 5) is 19.3. The van der Waals surface area contributed by atoms with E-state index in [1.807, 2.05) is 24.3 Å². The van der Waals surface area contributed by atoms with Crippen LogP contribution >= 0.6 is 0 Å². The van der Waals surface area contributed by atoms with Gasteiger partial charge in [0.05, 0.1) is 13.0 Å². The summed E-state index contributed by atoms with van der Waals surface area (Å²) in [6.45, 7) is 1.26. The number of carbonyl (C=O) groups excluding carboxylic acids is 1. The summed E-state index contributed by atoms with van der Waals surface area (Å²) in [7, 11) is 0. The number of para-hydroxylation sites is 1. The van der Waals surface area contributed by atoms with Crippen LogP contribution in [0.2, 0.25) is 0 Å². The molecule has 1 aromatic heterocycles. The number of ketones is 1. The van der Waals surface area contributed by atoms with E-state index in [1.54, 1.807) is 6.20 Å². The molecule has 0 unspecified atom stereocenters. The third-order valence-corrected chi connectivity index (χ3v) is 2.85. The number of ether oxygens (including phenoxy) is 1. The third kappa shape index (κ3) is 1.82. The molecule has 1 aliphatic heterocycles. The Morgan fingerprint density at radius 1 is 1.41 bits per heavy atom. The van der Waals surface area contributed by atoms with Crippen LogP contribution in [0.4, 0.5) is 0 Å². The molecule has 2 aromatic rings. The molecule has 0 amide bonds. The monoisotopic (exact) mass is 228 g/mol. The molecule has 3 rings (SSSR count). The maximum atomic E-state index is 12.1. The molecular weight excluding hydrogens is 216 g/mol. The fourth-order valence-electron chi connectivity index (χ4n) is 2.02. The lowest BCUT2D eigenvalue weighted by Crippen LogP contribution is -2.08. The smallest absolute Gasteiger partial charge is 0.191 e. The van der Waals surface area contributed by atoms with Crippen LogP contribution in [0.15, 0.2) is 35.5 Å². The van der Waals surface area contributed by atoms with E-state index in [1.165, 1.54) is 0 Å². The van der Waals surface area contributed by atoms with Crippen LogP contribution in [0, 0.1) is 0 Å². The van der Waals surface area contributed by atoms with Gasteiger partial charge in [-0.15, -0.1) is 0 Å². The number of nitrogens with one attached hydrogen (secondary N) is 1. The van der Waals surface area contributed by atoms with Gasteiger partial charge in [0.25, 0.3) is 0 Å². The van der Waals surface area contributed by atoms with Crippen LogP contribution in [-0.2, 0) is 4.74 Å². The van der Waals surface area contributed by atoms with Crippen molar-refractivity contribution in [3.8, 4) is 0 Å². The Bertz CT molecular complexity index is 598. The van der Waals surface area contributed by atoms with Gasteiger partial charge in [0, 0.05) is 22.7 Å². The number of Topliss-reactive ketones (excluding diaryl/α,β-unsaturated/α-hetero) is 1. The Kier molecular flexibility index (Phi) is 2.40. The number of aliphatic imine (C=N–C) groups is 1. The molecule has 0 bridgehead atoms. The average molecular weight is 228 g/mol. The highest BCUT2D eigenvalue weighted by molar-refractivity contribution is 6.14. The summed E-state index contributed by atoms with van der Waals surface area (Å²) in [6, 6.07) is 7.76. The highest BCUT2D eigenvalue weighted by Gasteiger charge is 2.17. The molecule has 1 aromatic carbocycles. The highest BCUT2D eigenvalue weighted by atomic mass is 16.5. The molecule has 4 nitrogen and oxygen atoms in total. The van der Waals surface area contributed by atoms with Crippen LogP contribution in [0.5, 0.6) is 0 Å². The summed E-state index contributed by atoms with van der Waals surface area (Å²) in [5.74, 6) is 0.600. The lowest BCUT2D eigenvalue weighted by atomic mass is 10.1. The predicted octanol–water partition coefficient (Wildman–Crippen LogP) is 2.17. The zero-order valence-electron chi connectivity index (χ0n) is 9.27. The Hall–Kier alpha value is -2.10. The number of fused-ring (bicyclic) bond motifs is 1. The number of nitrogens with zero attached hydrogens (tertiary/aromatic N) is 1. The summed E-state index contributed by atoms with van der Waals surface area (Å²) in [5.41, 5.74) is 1.68. The van der Waals surface area contributed by atoms with Crippen LogP contribution in [0.3, 0.4) is 0 Å². The minimum absolute atomic E-state index is 0.0445. The Balaban J connectivity index is 1.90. The molecule has 2 heterocycles. The first-order chi connectivity index (χ1) is 8.34. The topological polar surface area (TPSA) is 54.4 Å². The van der Waals surface area contributed by atoms with Crippen LogP contribution < -0.4 is 0 Å². The molecule has 17 heavy (non-hydrogen) atoms. The molecule has 86 valence electrons. The van der Waals surface area contributed by atoms with Crippen LogP contribution in [0.1, 0.15) is 16.8 Å². The van der Waals surface area contributed by atoms with Gasteiger partial charge in [-0.25, -0.2) is 0 Å². The van der Waals surface area contributed by atoms with E-state index in [9.17, 15) is 4.79 Å². The van der Waals surface area contributed by atoms with Gasteiger partial charge in [-0.1, -0.05) is 18.2 Å². The SMILES string of the molecule is O=C(CC1=NCCO1)c1c[nH]c2ccccc12. The fraction of sp³-hybridized carbons (Fsp3) is 0.231. The Morgan fingerprint density at radius 3 is 3.12 bits per heavy atom. The molecule has 0 aliphatic carbocycles. The van der Waals surface area contributed by atoms with E-state index in [2.05, 4.69) is 9.98 Å². The van der Waals surface area contributed by atoms with Gasteiger partial charge in [0.15, 0.2) is 11.7 Å². The fourth-order valence-corrected chi connectivity index (χ4v) is 2.02. The average Bonchev–Trinajstić information content (AvgIpc) is 2.96. The van der Waals surface area contributed by atoms with Crippen LogP contribution in [0.25, 0.3) is 10.9 Å². The van der Waals surface area contributed by atoms with Crippen LogP contribution in [-0.4, -0.2) is 29.8 Å². The Morgan fingerprint density at radius 2 is 2.29 bits per heavy atom. The molecule has 0 saturated heterocycles. The molecule has 4 heteroatoms. The number of rotatable bonds is 3. The second kappa shape index (κ2) is 4.05. The van der Waals surface area contributed by atoms with Crippen molar-refractivity contribution in [1.29, 1.82) is 0 Å². The van der Waals surface area contributed by atoms with Gasteiger partial charge in [-0.3, -0.25) is 9.79 Å². The first kappa shape index (κ1) is 10.1. The predicted molar refractivity (Wildman–Crippen MR) is 65.5 cm³/mol. The highest BCUT2D eigenvalue weighted by Crippen LogP contribution is 2.19. The summed E-state index contributed by atoms with van der Waals surface area (Å²) < 4.78 is 5.25. The Labute approximate surface area is 98.3 Å². The second-order valence-corrected chi connectivity index (χ2v) is 3.97. The van der Waals surface area contributed by atoms with E-state index in [0.717, 1.165) is 10.9 Å². The quantitative estimate of drug-likeness (QED) is 0.818. The first-order valence-electron chi connectivity index (χ1n) is 5.60. The molecule has 1 N–H and O–H groups in total. The summed E-state index contributed by atoms with van der Waals surface area (Å²) in [5, 5.41) is 0.955. The molecule has 0 radical (unpaired) electrons. The zero-order chi connectivity index (χ0) is 11.7. The van der Waals surface area contributed by atoms with Crippen molar-refractivity contribution in [3.63, 3.8) is 0 Å². The van der Waals surface area contributed by atoms with Gasteiger partial charge < -0.3 is 9.72 Å². The standard InChI is InChI=1S/C13H12N2O2/c16-12(7-13-14-5-6-17-13)10-8-15-11-4-2-1-3-9(10)11/h1-4,8,15H,5-7H2. The van der Waals surface area contributed by atoms with Gasteiger partial charge in [-0.2, -0.15) is 0 Å². The lowest BCUT2D eigenvalue weighted by molar-refractivity contribution is 0.0996. The molecule has 0 saturated carbocycles. The number of hydrogen-bond acceptors (Lipinski definition) is 3. The summed E-state index contributed by atoms with van der Waals surface area (Å²) in [6.07, 6.45) is 2.00. The van der Waals surface area contributed by atoms with Gasteiger partial charge >= 0.3 is 0 Å². The van der Waals surface area contributed by atoms with Crippen molar-refractivity contribution >= 4 is 22.6 Å². The van der Waals surface area contributed by atoms with Gasteiger partial charge in [0.2, 0.25) is 0 Å². The molecule has 1 aliphatic rings.